The van der Waals surface area contributed by atoms with Crippen molar-refractivity contribution in [2.75, 3.05) is 13.1 Å². The van der Waals surface area contributed by atoms with Gasteiger partial charge in [0.2, 0.25) is 16.8 Å². The molecule has 3 fully saturated rings. The highest BCUT2D eigenvalue weighted by molar-refractivity contribution is 7.89. The Morgan fingerprint density at radius 3 is 2.58 bits per heavy atom. The van der Waals surface area contributed by atoms with Crippen LogP contribution in [-0.2, 0) is 14.8 Å². The molecule has 1 atom stereocenters. The SMILES string of the molecule is O=C(O)c1ccc(S(=O)(=O)N2CCCC2C(=O)NCC2(C3CC3)CC2)o1. The summed E-state index contributed by atoms with van der Waals surface area (Å²) in [6.07, 6.45) is 5.75. The van der Waals surface area contributed by atoms with Crippen molar-refractivity contribution in [3.05, 3.63) is 17.9 Å². The highest BCUT2D eigenvalue weighted by atomic mass is 32.2. The molecule has 3 aliphatic rings. The molecule has 142 valence electrons. The first kappa shape index (κ1) is 17.5. The molecule has 2 aliphatic carbocycles. The molecule has 0 radical (unpaired) electrons. The van der Waals surface area contributed by atoms with Crippen molar-refractivity contribution in [3.63, 3.8) is 0 Å². The van der Waals surface area contributed by atoms with Crippen LogP contribution in [0.1, 0.15) is 49.1 Å². The number of amides is 1. The van der Waals surface area contributed by atoms with Gasteiger partial charge in [0.05, 0.1) is 0 Å². The highest BCUT2D eigenvalue weighted by Crippen LogP contribution is 2.60. The Labute approximate surface area is 151 Å². The van der Waals surface area contributed by atoms with Crippen LogP contribution in [0.25, 0.3) is 0 Å². The van der Waals surface area contributed by atoms with Gasteiger partial charge < -0.3 is 14.8 Å². The van der Waals surface area contributed by atoms with Gasteiger partial charge in [0.25, 0.3) is 10.0 Å². The summed E-state index contributed by atoms with van der Waals surface area (Å²) in [6, 6.07) is 1.46. The average molecular weight is 382 g/mol. The van der Waals surface area contributed by atoms with Crippen LogP contribution in [0.15, 0.2) is 21.6 Å². The maximum Gasteiger partial charge on any atom is 0.371 e. The quantitative estimate of drug-likeness (QED) is 0.737. The van der Waals surface area contributed by atoms with Crippen LogP contribution >= 0.6 is 0 Å². The molecule has 2 heterocycles. The molecular formula is C17H22N2O6S. The van der Waals surface area contributed by atoms with Gasteiger partial charge in [-0.05, 0) is 62.0 Å². The Bertz CT molecular complexity index is 837. The minimum Gasteiger partial charge on any atom is -0.475 e. The first-order chi connectivity index (χ1) is 12.3. The summed E-state index contributed by atoms with van der Waals surface area (Å²) in [7, 11) is -4.05. The van der Waals surface area contributed by atoms with E-state index in [0.717, 1.165) is 29.3 Å². The molecule has 1 aliphatic heterocycles. The summed E-state index contributed by atoms with van der Waals surface area (Å²) in [5.74, 6) is -1.34. The topological polar surface area (TPSA) is 117 Å². The predicted octanol–water partition coefficient (Wildman–Crippen LogP) is 1.44. The Morgan fingerprint density at radius 2 is 2.00 bits per heavy atom. The zero-order valence-corrected chi connectivity index (χ0v) is 15.1. The maximum atomic E-state index is 12.8. The van der Waals surface area contributed by atoms with E-state index in [1.54, 1.807) is 0 Å². The van der Waals surface area contributed by atoms with E-state index in [1.165, 1.54) is 12.8 Å². The van der Waals surface area contributed by atoms with E-state index in [0.29, 0.717) is 25.3 Å². The summed E-state index contributed by atoms with van der Waals surface area (Å²) < 4.78 is 31.6. The van der Waals surface area contributed by atoms with Crippen molar-refractivity contribution < 1.29 is 27.5 Å². The fraction of sp³-hybridized carbons (Fsp3) is 0.647. The molecule has 4 rings (SSSR count). The van der Waals surface area contributed by atoms with Crippen molar-refractivity contribution in [1.82, 2.24) is 9.62 Å². The fourth-order valence-electron chi connectivity index (χ4n) is 3.95. The van der Waals surface area contributed by atoms with Gasteiger partial charge in [-0.25, -0.2) is 13.2 Å². The lowest BCUT2D eigenvalue weighted by Crippen LogP contribution is -2.47. The van der Waals surface area contributed by atoms with E-state index < -0.39 is 32.9 Å². The van der Waals surface area contributed by atoms with E-state index in [1.807, 2.05) is 0 Å². The Kier molecular flexibility index (Phi) is 4.11. The third-order valence-electron chi connectivity index (χ3n) is 5.81. The number of hydrogen-bond acceptors (Lipinski definition) is 5. The van der Waals surface area contributed by atoms with Gasteiger partial charge >= 0.3 is 5.97 Å². The second-order valence-electron chi connectivity index (χ2n) is 7.55. The average Bonchev–Trinajstić information content (AvgIpc) is 3.48. The normalized spacial score (nSPS) is 25.2. The molecule has 1 aromatic heterocycles. The Morgan fingerprint density at radius 1 is 1.27 bits per heavy atom. The number of sulfonamides is 1. The number of hydrogen-bond donors (Lipinski definition) is 2. The van der Waals surface area contributed by atoms with Crippen molar-refractivity contribution in [2.24, 2.45) is 11.3 Å². The molecule has 1 aromatic rings. The van der Waals surface area contributed by atoms with Crippen LogP contribution in [0.3, 0.4) is 0 Å². The number of carboxylic acid groups (broad SMARTS) is 1. The lowest BCUT2D eigenvalue weighted by molar-refractivity contribution is -0.124. The minimum absolute atomic E-state index is 0.220. The maximum absolute atomic E-state index is 12.8. The number of aromatic carboxylic acids is 1. The molecule has 2 N–H and O–H groups in total. The van der Waals surface area contributed by atoms with Crippen LogP contribution in [0, 0.1) is 11.3 Å². The Balaban J connectivity index is 1.46. The van der Waals surface area contributed by atoms with E-state index in [4.69, 9.17) is 9.52 Å². The van der Waals surface area contributed by atoms with Crippen molar-refractivity contribution in [1.29, 1.82) is 0 Å². The third-order valence-corrected chi connectivity index (χ3v) is 7.59. The zero-order valence-electron chi connectivity index (χ0n) is 14.3. The van der Waals surface area contributed by atoms with E-state index >= 15 is 0 Å². The number of carboxylic acids is 1. The van der Waals surface area contributed by atoms with E-state index in [9.17, 15) is 18.0 Å². The number of nitrogens with one attached hydrogen (secondary N) is 1. The number of carbonyl (C=O) groups excluding carboxylic acids is 1. The van der Waals surface area contributed by atoms with Crippen molar-refractivity contribution >= 4 is 21.9 Å². The summed E-state index contributed by atoms with van der Waals surface area (Å²) >= 11 is 0. The Hall–Kier alpha value is -1.87. The molecular weight excluding hydrogens is 360 g/mol. The molecule has 8 nitrogen and oxygen atoms in total. The van der Waals surface area contributed by atoms with Gasteiger partial charge in [-0.1, -0.05) is 0 Å². The number of furan rings is 1. The number of rotatable bonds is 7. The van der Waals surface area contributed by atoms with Crippen LogP contribution < -0.4 is 5.32 Å². The molecule has 26 heavy (non-hydrogen) atoms. The monoisotopic (exact) mass is 382 g/mol. The first-order valence-electron chi connectivity index (χ1n) is 8.96. The van der Waals surface area contributed by atoms with Gasteiger partial charge in [-0.3, -0.25) is 4.79 Å². The molecule has 0 spiro atoms. The van der Waals surface area contributed by atoms with E-state index in [2.05, 4.69) is 5.32 Å². The summed E-state index contributed by atoms with van der Waals surface area (Å²) in [5, 5.41) is 11.4. The second-order valence-corrected chi connectivity index (χ2v) is 9.37. The molecule has 1 saturated heterocycles. The largest absolute Gasteiger partial charge is 0.475 e. The minimum atomic E-state index is -4.05. The summed E-state index contributed by atoms with van der Waals surface area (Å²) in [5.41, 5.74) is 0.245. The van der Waals surface area contributed by atoms with Crippen LogP contribution in [0.2, 0.25) is 0 Å². The molecule has 0 bridgehead atoms. The van der Waals surface area contributed by atoms with Gasteiger partial charge in [0.15, 0.2) is 0 Å². The third kappa shape index (κ3) is 3.03. The molecule has 2 saturated carbocycles. The smallest absolute Gasteiger partial charge is 0.371 e. The number of nitrogens with zero attached hydrogens (tertiary/aromatic N) is 1. The van der Waals surface area contributed by atoms with Gasteiger partial charge in [-0.15, -0.1) is 0 Å². The van der Waals surface area contributed by atoms with Crippen LogP contribution in [0.4, 0.5) is 0 Å². The lowest BCUT2D eigenvalue weighted by atomic mass is 10.0. The summed E-state index contributed by atoms with van der Waals surface area (Å²) in [6.45, 7) is 0.835. The molecule has 0 aromatic carbocycles. The van der Waals surface area contributed by atoms with Crippen molar-refractivity contribution in [2.45, 2.75) is 49.7 Å². The fourth-order valence-corrected chi connectivity index (χ4v) is 5.52. The predicted molar refractivity (Wildman–Crippen MR) is 90.0 cm³/mol. The van der Waals surface area contributed by atoms with Crippen molar-refractivity contribution in [3.8, 4) is 0 Å². The van der Waals surface area contributed by atoms with Gasteiger partial charge in [0.1, 0.15) is 6.04 Å². The van der Waals surface area contributed by atoms with Gasteiger partial charge in [0, 0.05) is 13.1 Å². The zero-order chi connectivity index (χ0) is 18.5. The molecule has 1 amide bonds. The second kappa shape index (κ2) is 6.09. The standard InChI is InChI=1S/C17H22N2O6S/c20-15(18-10-17(7-8-17)11-3-4-11)12-2-1-9-19(12)26(23,24)14-6-5-13(25-14)16(21)22/h5-6,11-12H,1-4,7-10H2,(H,18,20)(H,21,22). The van der Waals surface area contributed by atoms with E-state index in [-0.39, 0.29) is 17.9 Å². The number of carbonyl (C=O) groups is 2. The summed E-state index contributed by atoms with van der Waals surface area (Å²) in [4.78, 5) is 23.5. The first-order valence-corrected chi connectivity index (χ1v) is 10.4. The molecule has 9 heteroatoms. The van der Waals surface area contributed by atoms with Crippen LogP contribution in [-0.4, -0.2) is 48.8 Å². The molecule has 1 unspecified atom stereocenters. The highest BCUT2D eigenvalue weighted by Gasteiger charge is 2.54. The van der Waals surface area contributed by atoms with Crippen LogP contribution in [0.5, 0.6) is 0 Å². The van der Waals surface area contributed by atoms with Gasteiger partial charge in [-0.2, -0.15) is 4.31 Å². The lowest BCUT2D eigenvalue weighted by Gasteiger charge is -2.23.